The minimum atomic E-state index is -1.31. The van der Waals surface area contributed by atoms with E-state index in [0.29, 0.717) is 33.0 Å². The SMILES string of the molecule is Cc1cc(C(=O)NCc2cc(Cl)cc3cc(C(=O)O)c(=O)[nH]c23)c(C)n1CC1CCN(C)C1. The van der Waals surface area contributed by atoms with Crippen molar-refractivity contribution in [2.75, 3.05) is 20.1 Å². The number of hydrogen-bond donors (Lipinski definition) is 3. The highest BCUT2D eigenvalue weighted by atomic mass is 35.5. The van der Waals surface area contributed by atoms with Crippen LogP contribution in [0.25, 0.3) is 10.9 Å². The molecule has 1 aromatic carbocycles. The van der Waals surface area contributed by atoms with E-state index in [1.807, 2.05) is 19.9 Å². The Balaban J connectivity index is 1.56. The molecule has 1 fully saturated rings. The third kappa shape index (κ3) is 4.67. The summed E-state index contributed by atoms with van der Waals surface area (Å²) in [7, 11) is 2.13. The number of carboxylic acids is 1. The lowest BCUT2D eigenvalue weighted by Gasteiger charge is -2.15. The van der Waals surface area contributed by atoms with Gasteiger partial charge in [0.15, 0.2) is 0 Å². The molecule has 1 unspecified atom stereocenters. The van der Waals surface area contributed by atoms with Crippen LogP contribution in [-0.4, -0.2) is 51.6 Å². The summed E-state index contributed by atoms with van der Waals surface area (Å²) in [5.74, 6) is -0.954. The molecule has 4 rings (SSSR count). The third-order valence-electron chi connectivity index (χ3n) is 6.42. The van der Waals surface area contributed by atoms with Gasteiger partial charge < -0.3 is 24.9 Å². The van der Waals surface area contributed by atoms with E-state index in [1.54, 1.807) is 12.1 Å². The largest absolute Gasteiger partial charge is 0.477 e. The van der Waals surface area contributed by atoms with Crippen LogP contribution in [0, 0.1) is 19.8 Å². The molecule has 0 radical (unpaired) electrons. The van der Waals surface area contributed by atoms with Gasteiger partial charge in [0.05, 0.1) is 11.1 Å². The quantitative estimate of drug-likeness (QED) is 0.513. The molecule has 1 saturated heterocycles. The molecule has 3 aromatic rings. The number of amides is 1. The predicted octanol–water partition coefficient (Wildman–Crippen LogP) is 3.18. The Morgan fingerprint density at radius 1 is 1.21 bits per heavy atom. The number of hydrogen-bond acceptors (Lipinski definition) is 4. The lowest BCUT2D eigenvalue weighted by Crippen LogP contribution is -2.24. The van der Waals surface area contributed by atoms with Crippen LogP contribution >= 0.6 is 11.6 Å². The number of carbonyl (C=O) groups is 2. The molecular formula is C24H27ClN4O4. The number of benzene rings is 1. The Kier molecular flexibility index (Phi) is 6.32. The van der Waals surface area contributed by atoms with Gasteiger partial charge >= 0.3 is 5.97 Å². The minimum Gasteiger partial charge on any atom is -0.477 e. The first-order chi connectivity index (χ1) is 15.6. The number of H-pyrrole nitrogens is 1. The zero-order valence-electron chi connectivity index (χ0n) is 18.9. The summed E-state index contributed by atoms with van der Waals surface area (Å²) in [5.41, 5.74) is 2.58. The maximum atomic E-state index is 13.0. The second-order valence-electron chi connectivity index (χ2n) is 8.84. The lowest BCUT2D eigenvalue weighted by molar-refractivity contribution is 0.0695. The number of aromatic amines is 1. The number of aromatic carboxylic acids is 1. The van der Waals surface area contributed by atoms with Crippen molar-refractivity contribution in [2.24, 2.45) is 5.92 Å². The summed E-state index contributed by atoms with van der Waals surface area (Å²) < 4.78 is 2.21. The highest BCUT2D eigenvalue weighted by Gasteiger charge is 2.23. The summed E-state index contributed by atoms with van der Waals surface area (Å²) in [6, 6.07) is 6.43. The summed E-state index contributed by atoms with van der Waals surface area (Å²) >= 11 is 6.21. The molecule has 1 amide bonds. The molecule has 3 heterocycles. The number of carboxylic acid groups (broad SMARTS) is 1. The molecular weight excluding hydrogens is 444 g/mol. The van der Waals surface area contributed by atoms with Gasteiger partial charge in [-0.3, -0.25) is 9.59 Å². The fourth-order valence-electron chi connectivity index (χ4n) is 4.67. The van der Waals surface area contributed by atoms with Crippen LogP contribution in [0.2, 0.25) is 5.02 Å². The Morgan fingerprint density at radius 2 is 1.97 bits per heavy atom. The standard InChI is InChI=1S/C24H27ClN4O4/c1-13-6-19(14(2)29(13)12-15-4-5-28(3)11-15)22(30)26-10-17-8-18(25)7-16-9-20(24(32)33)23(31)27-21(16)17/h6-9,15H,4-5,10-12H2,1-3H3,(H,26,30)(H,27,31)(H,32,33). The van der Waals surface area contributed by atoms with Crippen molar-refractivity contribution in [3.63, 3.8) is 0 Å². The number of pyridine rings is 1. The average Bonchev–Trinajstić information content (AvgIpc) is 3.29. The van der Waals surface area contributed by atoms with Crippen LogP contribution < -0.4 is 10.9 Å². The van der Waals surface area contributed by atoms with Crippen molar-refractivity contribution in [3.05, 3.63) is 67.7 Å². The summed E-state index contributed by atoms with van der Waals surface area (Å²) in [6.07, 6.45) is 1.15. The number of nitrogens with zero attached hydrogens (tertiary/aromatic N) is 2. The number of halogens is 1. The molecule has 1 aliphatic rings. The predicted molar refractivity (Wildman–Crippen MR) is 127 cm³/mol. The van der Waals surface area contributed by atoms with Crippen LogP contribution in [-0.2, 0) is 13.1 Å². The van der Waals surface area contributed by atoms with Crippen molar-refractivity contribution >= 4 is 34.4 Å². The lowest BCUT2D eigenvalue weighted by atomic mass is 10.1. The molecule has 8 nitrogen and oxygen atoms in total. The van der Waals surface area contributed by atoms with Crippen molar-refractivity contribution in [1.82, 2.24) is 19.8 Å². The zero-order valence-corrected chi connectivity index (χ0v) is 19.6. The number of likely N-dealkylation sites (tertiary alicyclic amines) is 1. The number of carbonyl (C=O) groups excluding carboxylic acids is 1. The van der Waals surface area contributed by atoms with E-state index in [-0.39, 0.29) is 18.0 Å². The van der Waals surface area contributed by atoms with Crippen molar-refractivity contribution in [2.45, 2.75) is 33.4 Å². The normalized spacial score (nSPS) is 16.4. The number of fused-ring (bicyclic) bond motifs is 1. The number of aromatic nitrogens is 2. The smallest absolute Gasteiger partial charge is 0.341 e. The summed E-state index contributed by atoms with van der Waals surface area (Å²) in [6.45, 7) is 7.15. The fraction of sp³-hybridized carbons (Fsp3) is 0.375. The van der Waals surface area contributed by atoms with E-state index < -0.39 is 11.5 Å². The topological polar surface area (TPSA) is 107 Å². The molecule has 174 valence electrons. The molecule has 2 aromatic heterocycles. The first kappa shape index (κ1) is 23.1. The van der Waals surface area contributed by atoms with Gasteiger partial charge in [0.2, 0.25) is 0 Å². The Labute approximate surface area is 196 Å². The van der Waals surface area contributed by atoms with Crippen LogP contribution in [0.5, 0.6) is 0 Å². The molecule has 0 bridgehead atoms. The van der Waals surface area contributed by atoms with Gasteiger partial charge in [-0.25, -0.2) is 4.79 Å². The van der Waals surface area contributed by atoms with Crippen molar-refractivity contribution in [1.29, 1.82) is 0 Å². The molecule has 1 aliphatic heterocycles. The maximum absolute atomic E-state index is 13.0. The first-order valence-corrected chi connectivity index (χ1v) is 11.2. The van der Waals surface area contributed by atoms with Gasteiger partial charge in [0.1, 0.15) is 5.56 Å². The van der Waals surface area contributed by atoms with Gasteiger partial charge in [-0.05, 0) is 69.6 Å². The second kappa shape index (κ2) is 9.03. The van der Waals surface area contributed by atoms with Crippen molar-refractivity contribution in [3.8, 4) is 0 Å². The van der Waals surface area contributed by atoms with Crippen molar-refractivity contribution < 1.29 is 14.7 Å². The number of rotatable bonds is 6. The van der Waals surface area contributed by atoms with Gasteiger partial charge in [0.25, 0.3) is 11.5 Å². The van der Waals surface area contributed by atoms with E-state index in [2.05, 4.69) is 26.8 Å². The number of nitrogens with one attached hydrogen (secondary N) is 2. The highest BCUT2D eigenvalue weighted by molar-refractivity contribution is 6.31. The Bertz CT molecular complexity index is 1310. The minimum absolute atomic E-state index is 0.134. The Morgan fingerprint density at radius 3 is 2.64 bits per heavy atom. The molecule has 9 heteroatoms. The van der Waals surface area contributed by atoms with Crippen LogP contribution in [0.3, 0.4) is 0 Å². The molecule has 0 aliphatic carbocycles. The van der Waals surface area contributed by atoms with Crippen LogP contribution in [0.15, 0.2) is 29.1 Å². The fourth-order valence-corrected chi connectivity index (χ4v) is 4.92. The zero-order chi connectivity index (χ0) is 23.9. The molecule has 0 saturated carbocycles. The summed E-state index contributed by atoms with van der Waals surface area (Å²) in [5, 5.41) is 13.0. The molecule has 3 N–H and O–H groups in total. The molecule has 33 heavy (non-hydrogen) atoms. The van der Waals surface area contributed by atoms with Crippen LogP contribution in [0.1, 0.15) is 44.1 Å². The number of aryl methyl sites for hydroxylation is 1. The van der Waals surface area contributed by atoms with E-state index >= 15 is 0 Å². The van der Waals surface area contributed by atoms with E-state index in [0.717, 1.165) is 37.4 Å². The molecule has 1 atom stereocenters. The van der Waals surface area contributed by atoms with E-state index in [4.69, 9.17) is 11.6 Å². The second-order valence-corrected chi connectivity index (χ2v) is 9.28. The molecule has 0 spiro atoms. The monoisotopic (exact) mass is 470 g/mol. The van der Waals surface area contributed by atoms with Gasteiger partial charge in [-0.1, -0.05) is 11.6 Å². The maximum Gasteiger partial charge on any atom is 0.341 e. The van der Waals surface area contributed by atoms with Crippen LogP contribution in [0.4, 0.5) is 0 Å². The van der Waals surface area contributed by atoms with E-state index in [1.165, 1.54) is 6.07 Å². The summed E-state index contributed by atoms with van der Waals surface area (Å²) in [4.78, 5) is 41.4. The van der Waals surface area contributed by atoms with Gasteiger partial charge in [-0.15, -0.1) is 0 Å². The van der Waals surface area contributed by atoms with E-state index in [9.17, 15) is 19.5 Å². The average molecular weight is 471 g/mol. The third-order valence-corrected chi connectivity index (χ3v) is 6.63. The first-order valence-electron chi connectivity index (χ1n) is 10.9. The Hall–Kier alpha value is -3.10. The highest BCUT2D eigenvalue weighted by Crippen LogP contribution is 2.24. The van der Waals surface area contributed by atoms with Gasteiger partial charge in [0, 0.05) is 41.4 Å². The van der Waals surface area contributed by atoms with Gasteiger partial charge in [-0.2, -0.15) is 0 Å².